The highest BCUT2D eigenvalue weighted by molar-refractivity contribution is 7.90. The van der Waals surface area contributed by atoms with Crippen LogP contribution in [-0.4, -0.2) is 46.1 Å². The number of carbonyl (C=O) groups excluding carboxylic acids is 1. The van der Waals surface area contributed by atoms with Gasteiger partial charge in [-0.15, -0.1) is 10.2 Å². The minimum Gasteiger partial charge on any atom is -0.299 e. The second kappa shape index (κ2) is 5.55. The number of hydrogen-bond donors (Lipinski definition) is 1. The number of benzene rings is 1. The van der Waals surface area contributed by atoms with Crippen LogP contribution in [0.4, 0.5) is 0 Å². The van der Waals surface area contributed by atoms with Gasteiger partial charge in [0.2, 0.25) is 5.82 Å². The van der Waals surface area contributed by atoms with E-state index in [0.717, 1.165) is 22.9 Å². The van der Waals surface area contributed by atoms with Crippen molar-refractivity contribution in [3.05, 3.63) is 41.6 Å². The molecule has 0 saturated carbocycles. The number of H-pyrrole nitrogens is 1. The van der Waals surface area contributed by atoms with Crippen molar-refractivity contribution < 1.29 is 13.2 Å². The van der Waals surface area contributed by atoms with Gasteiger partial charge in [-0.05, 0) is 33.5 Å². The molecule has 8 nitrogen and oxygen atoms in total. The third-order valence-corrected chi connectivity index (χ3v) is 5.14. The van der Waals surface area contributed by atoms with Gasteiger partial charge in [-0.2, -0.15) is 5.21 Å². The molecule has 0 spiro atoms. The molecule has 2 heterocycles. The normalized spacial score (nSPS) is 13.9. The number of fused-ring (bicyclic) bond motifs is 1. The Hall–Kier alpha value is -2.94. The van der Waals surface area contributed by atoms with Gasteiger partial charge in [0.25, 0.3) is 0 Å². The lowest BCUT2D eigenvalue weighted by Gasteiger charge is -2.11. The number of ketones is 1. The first kappa shape index (κ1) is 15.6. The third-order valence-electron chi connectivity index (χ3n) is 4.13. The summed E-state index contributed by atoms with van der Waals surface area (Å²) in [5, 5.41) is 13.6. The van der Waals surface area contributed by atoms with Crippen molar-refractivity contribution >= 4 is 15.6 Å². The topological polar surface area (TPSA) is 119 Å². The fraction of sp³-hybridized carbons (Fsp3) is 0.188. The number of hydrogen-bond acceptors (Lipinski definition) is 7. The maximum atomic E-state index is 12.2. The Bertz CT molecular complexity index is 1090. The van der Waals surface area contributed by atoms with E-state index in [9.17, 15) is 13.2 Å². The fourth-order valence-corrected chi connectivity index (χ4v) is 3.89. The Kier molecular flexibility index (Phi) is 3.46. The molecule has 126 valence electrons. The fourth-order valence-electron chi connectivity index (χ4n) is 3.07. The van der Waals surface area contributed by atoms with Crippen LogP contribution in [0.1, 0.15) is 11.1 Å². The number of aromatic amines is 1. The highest BCUT2D eigenvalue weighted by Crippen LogP contribution is 2.35. The molecule has 1 aliphatic rings. The molecule has 0 radical (unpaired) electrons. The molecule has 9 heteroatoms. The molecule has 0 fully saturated rings. The monoisotopic (exact) mass is 355 g/mol. The summed E-state index contributed by atoms with van der Waals surface area (Å²) >= 11 is 0. The maximum absolute atomic E-state index is 12.2. The highest BCUT2D eigenvalue weighted by atomic mass is 32.2. The molecular formula is C16H13N5O3S. The summed E-state index contributed by atoms with van der Waals surface area (Å²) < 4.78 is 24.3. The van der Waals surface area contributed by atoms with Crippen molar-refractivity contribution in [2.45, 2.75) is 17.9 Å². The summed E-state index contributed by atoms with van der Waals surface area (Å²) in [5.41, 5.74) is 3.66. The second-order valence-corrected chi connectivity index (χ2v) is 7.85. The van der Waals surface area contributed by atoms with Crippen LogP contribution < -0.4 is 0 Å². The SMILES string of the molecule is CS(=O)(=O)c1nccc(-c2ccc3c(c2)CC(=O)C3)c1-c1nn[nH]n1. The van der Waals surface area contributed by atoms with Crippen LogP contribution in [0.3, 0.4) is 0 Å². The van der Waals surface area contributed by atoms with Crippen molar-refractivity contribution in [3.8, 4) is 22.5 Å². The highest BCUT2D eigenvalue weighted by Gasteiger charge is 2.25. The maximum Gasteiger partial charge on any atom is 0.208 e. The summed E-state index contributed by atoms with van der Waals surface area (Å²) in [6.07, 6.45) is 3.36. The number of tetrazole rings is 1. The Balaban J connectivity index is 1.97. The van der Waals surface area contributed by atoms with Crippen molar-refractivity contribution in [2.24, 2.45) is 0 Å². The van der Waals surface area contributed by atoms with Gasteiger partial charge in [0.15, 0.2) is 14.9 Å². The molecule has 4 rings (SSSR count). The molecule has 1 N–H and O–H groups in total. The second-order valence-electron chi connectivity index (χ2n) is 5.92. The lowest BCUT2D eigenvalue weighted by molar-refractivity contribution is -0.117. The predicted octanol–water partition coefficient (Wildman–Crippen LogP) is 1.000. The molecule has 0 saturated heterocycles. The van der Waals surface area contributed by atoms with Gasteiger partial charge in [-0.25, -0.2) is 13.4 Å². The van der Waals surface area contributed by atoms with E-state index in [0.29, 0.717) is 24.0 Å². The summed E-state index contributed by atoms with van der Waals surface area (Å²) in [7, 11) is -3.60. The number of pyridine rings is 1. The summed E-state index contributed by atoms with van der Waals surface area (Å²) in [5.74, 6) is 0.331. The molecule has 3 aromatic rings. The lowest BCUT2D eigenvalue weighted by atomic mass is 9.97. The van der Waals surface area contributed by atoms with E-state index in [-0.39, 0.29) is 16.6 Å². The van der Waals surface area contributed by atoms with Gasteiger partial charge in [0, 0.05) is 25.3 Å². The van der Waals surface area contributed by atoms with Crippen LogP contribution in [0.2, 0.25) is 0 Å². The van der Waals surface area contributed by atoms with Crippen molar-refractivity contribution in [1.82, 2.24) is 25.6 Å². The van der Waals surface area contributed by atoms with Crippen LogP contribution in [0.5, 0.6) is 0 Å². The summed E-state index contributed by atoms with van der Waals surface area (Å²) in [6, 6.07) is 7.38. The van der Waals surface area contributed by atoms with Gasteiger partial charge in [-0.1, -0.05) is 18.2 Å². The molecule has 25 heavy (non-hydrogen) atoms. The van der Waals surface area contributed by atoms with Crippen LogP contribution in [0, 0.1) is 0 Å². The van der Waals surface area contributed by atoms with E-state index in [2.05, 4.69) is 25.6 Å². The van der Waals surface area contributed by atoms with Crippen LogP contribution in [0.25, 0.3) is 22.5 Å². The molecule has 2 aromatic heterocycles. The number of aromatic nitrogens is 5. The third kappa shape index (κ3) is 2.72. The van der Waals surface area contributed by atoms with Crippen molar-refractivity contribution in [1.29, 1.82) is 0 Å². The quantitative estimate of drug-likeness (QED) is 0.744. The van der Waals surface area contributed by atoms with Crippen molar-refractivity contribution in [3.63, 3.8) is 0 Å². The smallest absolute Gasteiger partial charge is 0.208 e. The zero-order chi connectivity index (χ0) is 17.6. The Morgan fingerprint density at radius 3 is 2.64 bits per heavy atom. The van der Waals surface area contributed by atoms with Crippen LogP contribution >= 0.6 is 0 Å². The zero-order valence-corrected chi connectivity index (χ0v) is 14.0. The first-order valence-electron chi connectivity index (χ1n) is 7.50. The molecule has 1 aliphatic carbocycles. The van der Waals surface area contributed by atoms with Crippen LogP contribution in [0.15, 0.2) is 35.5 Å². The number of nitrogens with one attached hydrogen (secondary N) is 1. The number of carbonyl (C=O) groups is 1. The van der Waals surface area contributed by atoms with E-state index in [1.165, 1.54) is 6.20 Å². The Morgan fingerprint density at radius 1 is 1.12 bits per heavy atom. The minimum absolute atomic E-state index is 0.108. The first-order valence-corrected chi connectivity index (χ1v) is 9.39. The average Bonchev–Trinajstić information content (AvgIpc) is 3.20. The summed E-state index contributed by atoms with van der Waals surface area (Å²) in [6.45, 7) is 0. The minimum atomic E-state index is -3.60. The van der Waals surface area contributed by atoms with E-state index in [4.69, 9.17) is 0 Å². The zero-order valence-electron chi connectivity index (χ0n) is 13.2. The molecule has 0 aliphatic heterocycles. The van der Waals surface area contributed by atoms with Crippen molar-refractivity contribution in [2.75, 3.05) is 6.26 Å². The molecule has 0 amide bonds. The van der Waals surface area contributed by atoms with E-state index < -0.39 is 9.84 Å². The number of sulfone groups is 1. The predicted molar refractivity (Wildman–Crippen MR) is 88.4 cm³/mol. The van der Waals surface area contributed by atoms with E-state index in [1.807, 2.05) is 18.2 Å². The van der Waals surface area contributed by atoms with Gasteiger partial charge in [0.05, 0.1) is 5.56 Å². The first-order chi connectivity index (χ1) is 11.9. The van der Waals surface area contributed by atoms with Gasteiger partial charge in [-0.3, -0.25) is 4.79 Å². The van der Waals surface area contributed by atoms with Crippen LogP contribution in [-0.2, 0) is 27.5 Å². The number of rotatable bonds is 3. The molecular weight excluding hydrogens is 342 g/mol. The number of Topliss-reactive ketones (excluding diaryl/α,β-unsaturated/α-hetero) is 1. The van der Waals surface area contributed by atoms with E-state index >= 15 is 0 Å². The molecule has 0 bridgehead atoms. The van der Waals surface area contributed by atoms with Gasteiger partial charge in [0.1, 0.15) is 5.78 Å². The lowest BCUT2D eigenvalue weighted by Crippen LogP contribution is -2.05. The largest absolute Gasteiger partial charge is 0.299 e. The average molecular weight is 355 g/mol. The molecule has 1 aromatic carbocycles. The van der Waals surface area contributed by atoms with Gasteiger partial charge < -0.3 is 0 Å². The number of nitrogens with zero attached hydrogens (tertiary/aromatic N) is 4. The summed E-state index contributed by atoms with van der Waals surface area (Å²) in [4.78, 5) is 15.7. The van der Waals surface area contributed by atoms with Gasteiger partial charge >= 0.3 is 0 Å². The molecule has 0 unspecified atom stereocenters. The standard InChI is InChI=1S/C16H13N5O3S/c1-25(23,24)16-14(15-18-20-21-19-15)13(4-5-17-16)10-3-2-9-7-12(22)8-11(9)6-10/h2-6H,7-8H2,1H3,(H,18,19,20,21). The molecule has 0 atom stereocenters. The van der Waals surface area contributed by atoms with E-state index in [1.54, 1.807) is 6.07 Å². The Labute approximate surface area is 143 Å². The Morgan fingerprint density at radius 2 is 1.92 bits per heavy atom.